The molecular formula is C24H28N2O5. The molecule has 164 valence electrons. The number of amides is 2. The number of alkyl carbamates (subject to hydrolysis) is 1. The monoisotopic (exact) mass is 424 g/mol. The molecule has 0 fully saturated rings. The number of carbonyl (C=O) groups excluding carboxylic acids is 2. The molecule has 0 heterocycles. The highest BCUT2D eigenvalue weighted by atomic mass is 16.5. The maximum atomic E-state index is 12.4. The maximum absolute atomic E-state index is 12.4. The zero-order chi connectivity index (χ0) is 22.4. The average molecular weight is 424 g/mol. The number of hydrogen-bond donors (Lipinski definition) is 3. The first-order valence-electron chi connectivity index (χ1n) is 10.6. The van der Waals surface area contributed by atoms with Crippen molar-refractivity contribution in [3.05, 3.63) is 59.7 Å². The van der Waals surface area contributed by atoms with Crippen LogP contribution in [0.3, 0.4) is 0 Å². The Hall–Kier alpha value is -3.35. The Morgan fingerprint density at radius 1 is 0.935 bits per heavy atom. The van der Waals surface area contributed by atoms with Gasteiger partial charge >= 0.3 is 12.1 Å². The quantitative estimate of drug-likeness (QED) is 0.570. The average Bonchev–Trinajstić information content (AvgIpc) is 3.09. The van der Waals surface area contributed by atoms with Crippen LogP contribution in [0.1, 0.15) is 50.2 Å². The van der Waals surface area contributed by atoms with E-state index in [0.29, 0.717) is 19.3 Å². The first-order valence-corrected chi connectivity index (χ1v) is 10.6. The van der Waals surface area contributed by atoms with Crippen LogP contribution in [-0.2, 0) is 14.3 Å². The number of carbonyl (C=O) groups is 3. The lowest BCUT2D eigenvalue weighted by atomic mass is 9.98. The van der Waals surface area contributed by atoms with Crippen molar-refractivity contribution in [3.63, 3.8) is 0 Å². The predicted octanol–water partition coefficient (Wildman–Crippen LogP) is 3.67. The molecule has 0 radical (unpaired) electrons. The van der Waals surface area contributed by atoms with Gasteiger partial charge in [0.15, 0.2) is 0 Å². The molecule has 0 bridgehead atoms. The van der Waals surface area contributed by atoms with E-state index >= 15 is 0 Å². The first kappa shape index (κ1) is 22.3. The molecule has 31 heavy (non-hydrogen) atoms. The molecule has 2 aromatic carbocycles. The van der Waals surface area contributed by atoms with Gasteiger partial charge in [-0.3, -0.25) is 4.79 Å². The Morgan fingerprint density at radius 3 is 2.03 bits per heavy atom. The van der Waals surface area contributed by atoms with Crippen molar-refractivity contribution in [2.45, 2.75) is 51.1 Å². The fraction of sp³-hybridized carbons (Fsp3) is 0.375. The topological polar surface area (TPSA) is 105 Å². The summed E-state index contributed by atoms with van der Waals surface area (Å²) in [7, 11) is 0. The number of carboxylic acid groups (broad SMARTS) is 1. The Balaban J connectivity index is 1.62. The smallest absolute Gasteiger partial charge is 0.407 e. The van der Waals surface area contributed by atoms with Crippen molar-refractivity contribution in [2.75, 3.05) is 6.61 Å². The number of ether oxygens (including phenoxy) is 1. The van der Waals surface area contributed by atoms with E-state index in [1.807, 2.05) is 43.3 Å². The predicted molar refractivity (Wildman–Crippen MR) is 117 cm³/mol. The van der Waals surface area contributed by atoms with Gasteiger partial charge < -0.3 is 20.5 Å². The normalized spacial score (nSPS) is 14.1. The van der Waals surface area contributed by atoms with Crippen molar-refractivity contribution in [3.8, 4) is 11.1 Å². The highest BCUT2D eigenvalue weighted by Gasteiger charge is 2.30. The van der Waals surface area contributed by atoms with Gasteiger partial charge in [0.05, 0.1) is 0 Å². The minimum absolute atomic E-state index is 0.0759. The van der Waals surface area contributed by atoms with Gasteiger partial charge in [0.2, 0.25) is 5.91 Å². The van der Waals surface area contributed by atoms with E-state index in [2.05, 4.69) is 22.8 Å². The van der Waals surface area contributed by atoms with Crippen molar-refractivity contribution >= 4 is 18.0 Å². The van der Waals surface area contributed by atoms with Crippen molar-refractivity contribution in [1.29, 1.82) is 0 Å². The summed E-state index contributed by atoms with van der Waals surface area (Å²) in [5.41, 5.74) is 4.47. The minimum atomic E-state index is -1.09. The van der Waals surface area contributed by atoms with E-state index in [1.165, 1.54) is 0 Å². The van der Waals surface area contributed by atoms with Gasteiger partial charge in [-0.25, -0.2) is 9.59 Å². The lowest BCUT2D eigenvalue weighted by molar-refractivity contribution is -0.142. The molecular weight excluding hydrogens is 396 g/mol. The molecule has 7 heteroatoms. The summed E-state index contributed by atoms with van der Waals surface area (Å²) in [6, 6.07) is 14.2. The number of benzene rings is 2. The maximum Gasteiger partial charge on any atom is 0.407 e. The van der Waals surface area contributed by atoms with Crippen molar-refractivity contribution < 1.29 is 24.2 Å². The highest BCUT2D eigenvalue weighted by Crippen LogP contribution is 2.44. The number of nitrogens with one attached hydrogen (secondary N) is 2. The molecule has 1 aliphatic carbocycles. The van der Waals surface area contributed by atoms with Gasteiger partial charge in [-0.15, -0.1) is 0 Å². The zero-order valence-corrected chi connectivity index (χ0v) is 17.8. The molecule has 0 aliphatic heterocycles. The van der Waals surface area contributed by atoms with Crippen LogP contribution in [0.5, 0.6) is 0 Å². The number of carboxylic acids is 1. The second-order valence-corrected chi connectivity index (χ2v) is 7.62. The van der Waals surface area contributed by atoms with Gasteiger partial charge in [0.1, 0.15) is 18.7 Å². The third kappa shape index (κ3) is 5.05. The van der Waals surface area contributed by atoms with Gasteiger partial charge in [-0.1, -0.05) is 68.8 Å². The summed E-state index contributed by atoms with van der Waals surface area (Å²) in [4.78, 5) is 36.1. The molecule has 3 rings (SSSR count). The molecule has 2 amide bonds. The van der Waals surface area contributed by atoms with Gasteiger partial charge in [-0.2, -0.15) is 0 Å². The molecule has 0 spiro atoms. The van der Waals surface area contributed by atoms with E-state index in [1.54, 1.807) is 6.92 Å². The summed E-state index contributed by atoms with van der Waals surface area (Å²) in [5.74, 6) is -1.70. The van der Waals surface area contributed by atoms with Crippen LogP contribution in [0.2, 0.25) is 0 Å². The van der Waals surface area contributed by atoms with Crippen LogP contribution in [-0.4, -0.2) is 41.8 Å². The summed E-state index contributed by atoms with van der Waals surface area (Å²) >= 11 is 0. The fourth-order valence-corrected chi connectivity index (χ4v) is 3.95. The Morgan fingerprint density at radius 2 is 1.52 bits per heavy atom. The van der Waals surface area contributed by atoms with Crippen LogP contribution in [0.15, 0.2) is 48.5 Å². The Labute approximate surface area is 181 Å². The molecule has 0 saturated carbocycles. The second-order valence-electron chi connectivity index (χ2n) is 7.62. The van der Waals surface area contributed by atoms with E-state index in [4.69, 9.17) is 4.74 Å². The van der Waals surface area contributed by atoms with E-state index in [0.717, 1.165) is 22.3 Å². The molecule has 2 atom stereocenters. The molecule has 1 unspecified atom stereocenters. The van der Waals surface area contributed by atoms with Crippen LogP contribution in [0.25, 0.3) is 11.1 Å². The number of fused-ring (bicyclic) bond motifs is 3. The fourth-order valence-electron chi connectivity index (χ4n) is 3.95. The molecule has 3 N–H and O–H groups in total. The molecule has 0 saturated heterocycles. The van der Waals surface area contributed by atoms with E-state index < -0.39 is 30.1 Å². The van der Waals surface area contributed by atoms with Crippen LogP contribution < -0.4 is 10.6 Å². The molecule has 0 aromatic heterocycles. The number of aliphatic carboxylic acids is 1. The van der Waals surface area contributed by atoms with Gasteiger partial charge in [-0.05, 0) is 35.1 Å². The summed E-state index contributed by atoms with van der Waals surface area (Å²) in [5, 5.41) is 14.3. The van der Waals surface area contributed by atoms with Crippen molar-refractivity contribution in [2.24, 2.45) is 0 Å². The van der Waals surface area contributed by atoms with Crippen LogP contribution >= 0.6 is 0 Å². The molecule has 1 aliphatic rings. The summed E-state index contributed by atoms with van der Waals surface area (Å²) < 4.78 is 5.48. The lowest BCUT2D eigenvalue weighted by Crippen LogP contribution is -2.51. The largest absolute Gasteiger partial charge is 0.480 e. The molecule has 2 aromatic rings. The summed E-state index contributed by atoms with van der Waals surface area (Å²) in [6.07, 6.45) is 0.552. The van der Waals surface area contributed by atoms with E-state index in [9.17, 15) is 19.5 Å². The van der Waals surface area contributed by atoms with Gasteiger partial charge in [0, 0.05) is 5.92 Å². The SMILES string of the molecule is CCC[C@H](NC(=O)C(CC)NC(=O)OCC1c2ccccc2-c2ccccc21)C(=O)O. The van der Waals surface area contributed by atoms with Crippen LogP contribution in [0.4, 0.5) is 4.79 Å². The lowest BCUT2D eigenvalue weighted by Gasteiger charge is -2.21. The second kappa shape index (κ2) is 10.1. The third-order valence-electron chi connectivity index (χ3n) is 5.55. The van der Waals surface area contributed by atoms with Crippen LogP contribution in [0, 0.1) is 0 Å². The number of rotatable bonds is 9. The zero-order valence-electron chi connectivity index (χ0n) is 17.8. The Kier molecular flexibility index (Phi) is 7.28. The standard InChI is InChI=1S/C24H28N2O5/c1-3-9-21(23(28)29)25-22(27)20(4-2)26-24(30)31-14-19-17-12-7-5-10-15(17)16-11-6-8-13-18(16)19/h5-8,10-13,19-21H,3-4,9,14H2,1-2H3,(H,25,27)(H,26,30)(H,28,29)/t20?,21-/m0/s1. The summed E-state index contributed by atoms with van der Waals surface area (Å²) in [6.45, 7) is 3.73. The third-order valence-corrected chi connectivity index (χ3v) is 5.55. The van der Waals surface area contributed by atoms with E-state index in [-0.39, 0.29) is 12.5 Å². The highest BCUT2D eigenvalue weighted by molar-refractivity contribution is 5.89. The number of hydrogen-bond acceptors (Lipinski definition) is 4. The van der Waals surface area contributed by atoms with Crippen molar-refractivity contribution in [1.82, 2.24) is 10.6 Å². The molecule has 7 nitrogen and oxygen atoms in total. The van der Waals surface area contributed by atoms with Gasteiger partial charge in [0.25, 0.3) is 0 Å². The first-order chi connectivity index (χ1) is 15.0. The minimum Gasteiger partial charge on any atom is -0.480 e. The Bertz CT molecular complexity index is 913.